The van der Waals surface area contributed by atoms with E-state index in [1.165, 1.54) is 6.20 Å². The standard InChI is InChI=1S/C9H12N4O2S/c1-16(14,15)13-6-5-12-8-3-2-4-11-9(8)7-10/h2-4,12-13H,5-6H2,1H3. The number of hydrogen-bond donors (Lipinski definition) is 2. The molecule has 6 nitrogen and oxygen atoms in total. The van der Waals surface area contributed by atoms with E-state index in [-0.39, 0.29) is 6.54 Å². The fraction of sp³-hybridized carbons (Fsp3) is 0.333. The van der Waals surface area contributed by atoms with Crippen LogP contribution < -0.4 is 10.0 Å². The average Bonchev–Trinajstić information content (AvgIpc) is 2.23. The largest absolute Gasteiger partial charge is 0.381 e. The first-order valence-corrected chi connectivity index (χ1v) is 6.45. The van der Waals surface area contributed by atoms with E-state index in [0.717, 1.165) is 6.26 Å². The van der Waals surface area contributed by atoms with Gasteiger partial charge in [-0.1, -0.05) is 0 Å². The second-order valence-corrected chi connectivity index (χ2v) is 4.94. The van der Waals surface area contributed by atoms with Gasteiger partial charge in [-0.2, -0.15) is 5.26 Å². The Hall–Kier alpha value is -1.65. The molecule has 0 aromatic carbocycles. The van der Waals surface area contributed by atoms with Crippen molar-refractivity contribution in [1.82, 2.24) is 9.71 Å². The fourth-order valence-electron chi connectivity index (χ4n) is 1.07. The molecule has 0 bridgehead atoms. The normalized spacial score (nSPS) is 10.8. The molecule has 0 atom stereocenters. The summed E-state index contributed by atoms with van der Waals surface area (Å²) in [4.78, 5) is 3.86. The minimum atomic E-state index is -3.16. The van der Waals surface area contributed by atoms with Crippen LogP contribution in [0.2, 0.25) is 0 Å². The highest BCUT2D eigenvalue weighted by Gasteiger charge is 2.02. The molecule has 1 aromatic rings. The minimum absolute atomic E-state index is 0.262. The summed E-state index contributed by atoms with van der Waals surface area (Å²) >= 11 is 0. The summed E-state index contributed by atoms with van der Waals surface area (Å²) in [6, 6.07) is 5.36. The first kappa shape index (κ1) is 12.4. The van der Waals surface area contributed by atoms with Gasteiger partial charge in [-0.15, -0.1) is 0 Å². The Bertz CT molecular complexity index is 492. The van der Waals surface area contributed by atoms with Gasteiger partial charge in [-0.25, -0.2) is 18.1 Å². The fourth-order valence-corrected chi connectivity index (χ4v) is 1.54. The van der Waals surface area contributed by atoms with Crippen molar-refractivity contribution in [2.75, 3.05) is 24.7 Å². The molecule has 0 aliphatic carbocycles. The second-order valence-electron chi connectivity index (χ2n) is 3.10. The Morgan fingerprint density at radius 1 is 1.50 bits per heavy atom. The maximum atomic E-state index is 10.8. The summed E-state index contributed by atoms with van der Waals surface area (Å²) in [5.74, 6) is 0. The zero-order chi connectivity index (χ0) is 12.0. The predicted molar refractivity (Wildman–Crippen MR) is 60.3 cm³/mol. The average molecular weight is 240 g/mol. The number of hydrogen-bond acceptors (Lipinski definition) is 5. The van der Waals surface area contributed by atoms with Gasteiger partial charge >= 0.3 is 0 Å². The zero-order valence-electron chi connectivity index (χ0n) is 8.77. The summed E-state index contributed by atoms with van der Waals surface area (Å²) in [6.07, 6.45) is 2.62. The van der Waals surface area contributed by atoms with E-state index in [2.05, 4.69) is 15.0 Å². The molecule has 0 spiro atoms. The molecule has 16 heavy (non-hydrogen) atoms. The lowest BCUT2D eigenvalue weighted by molar-refractivity contribution is 0.589. The third kappa shape index (κ3) is 4.25. The molecule has 7 heteroatoms. The quantitative estimate of drug-likeness (QED) is 0.702. The van der Waals surface area contributed by atoms with Crippen molar-refractivity contribution in [3.63, 3.8) is 0 Å². The summed E-state index contributed by atoms with van der Waals surface area (Å²) in [5.41, 5.74) is 0.891. The van der Waals surface area contributed by atoms with Crippen molar-refractivity contribution in [1.29, 1.82) is 5.26 Å². The van der Waals surface area contributed by atoms with E-state index in [1.807, 2.05) is 6.07 Å². The number of anilines is 1. The van der Waals surface area contributed by atoms with Gasteiger partial charge in [0.05, 0.1) is 11.9 Å². The van der Waals surface area contributed by atoms with Crippen LogP contribution in [-0.2, 0) is 10.0 Å². The molecule has 0 saturated carbocycles. The Morgan fingerprint density at radius 2 is 2.25 bits per heavy atom. The van der Waals surface area contributed by atoms with Gasteiger partial charge in [-0.3, -0.25) is 0 Å². The van der Waals surface area contributed by atoms with Crippen molar-refractivity contribution in [3.8, 4) is 6.07 Å². The van der Waals surface area contributed by atoms with Gasteiger partial charge in [0, 0.05) is 19.3 Å². The van der Waals surface area contributed by atoms with Gasteiger partial charge in [0.1, 0.15) is 6.07 Å². The maximum absolute atomic E-state index is 10.8. The Morgan fingerprint density at radius 3 is 2.88 bits per heavy atom. The van der Waals surface area contributed by atoms with Crippen molar-refractivity contribution in [2.24, 2.45) is 0 Å². The minimum Gasteiger partial charge on any atom is -0.381 e. The van der Waals surface area contributed by atoms with E-state index >= 15 is 0 Å². The Labute approximate surface area is 94.4 Å². The number of pyridine rings is 1. The molecule has 1 heterocycles. The molecule has 0 aliphatic heterocycles. The Balaban J connectivity index is 2.47. The first-order valence-electron chi connectivity index (χ1n) is 4.56. The predicted octanol–water partition coefficient (Wildman–Crippen LogP) is -0.0856. The van der Waals surface area contributed by atoms with Gasteiger partial charge in [0.2, 0.25) is 10.0 Å². The first-order chi connectivity index (χ1) is 7.53. The molecule has 0 unspecified atom stereocenters. The van der Waals surface area contributed by atoms with Crippen molar-refractivity contribution in [2.45, 2.75) is 0 Å². The van der Waals surface area contributed by atoms with Crippen LogP contribution in [0.5, 0.6) is 0 Å². The van der Waals surface area contributed by atoms with Crippen LogP contribution in [0, 0.1) is 11.3 Å². The van der Waals surface area contributed by atoms with E-state index in [0.29, 0.717) is 17.9 Å². The summed E-state index contributed by atoms with van der Waals surface area (Å²) in [6.45, 7) is 0.659. The number of aromatic nitrogens is 1. The van der Waals surface area contributed by atoms with Gasteiger partial charge in [-0.05, 0) is 12.1 Å². The van der Waals surface area contributed by atoms with E-state index in [4.69, 9.17) is 5.26 Å². The number of sulfonamides is 1. The Kier molecular flexibility index (Phi) is 4.22. The molecule has 0 fully saturated rings. The highest BCUT2D eigenvalue weighted by molar-refractivity contribution is 7.88. The second kappa shape index (κ2) is 5.44. The third-order valence-corrected chi connectivity index (χ3v) is 2.45. The zero-order valence-corrected chi connectivity index (χ0v) is 9.58. The van der Waals surface area contributed by atoms with Crippen LogP contribution in [0.25, 0.3) is 0 Å². The van der Waals surface area contributed by atoms with E-state index in [9.17, 15) is 8.42 Å². The molecule has 0 aliphatic rings. The highest BCUT2D eigenvalue weighted by atomic mass is 32.2. The van der Waals surface area contributed by atoms with Crippen LogP contribution in [0.3, 0.4) is 0 Å². The van der Waals surface area contributed by atoms with Gasteiger partial charge in [0.25, 0.3) is 0 Å². The lowest BCUT2D eigenvalue weighted by Crippen LogP contribution is -2.27. The molecular formula is C9H12N4O2S. The summed E-state index contributed by atoms with van der Waals surface area (Å²) < 4.78 is 23.9. The summed E-state index contributed by atoms with van der Waals surface area (Å²) in [5, 5.41) is 11.7. The highest BCUT2D eigenvalue weighted by Crippen LogP contribution is 2.09. The number of nitrogens with zero attached hydrogens (tertiary/aromatic N) is 2. The van der Waals surface area contributed by atoms with E-state index in [1.54, 1.807) is 12.1 Å². The van der Waals surface area contributed by atoms with Gasteiger partial charge < -0.3 is 5.32 Å². The number of rotatable bonds is 5. The van der Waals surface area contributed by atoms with Crippen LogP contribution in [0.15, 0.2) is 18.3 Å². The lowest BCUT2D eigenvalue weighted by atomic mass is 10.3. The molecular weight excluding hydrogens is 228 g/mol. The van der Waals surface area contributed by atoms with Crippen molar-refractivity contribution < 1.29 is 8.42 Å². The molecule has 86 valence electrons. The molecule has 0 amide bonds. The summed E-state index contributed by atoms with van der Waals surface area (Å²) in [7, 11) is -3.16. The molecule has 1 rings (SSSR count). The third-order valence-electron chi connectivity index (χ3n) is 1.72. The number of nitriles is 1. The SMILES string of the molecule is CS(=O)(=O)NCCNc1cccnc1C#N. The maximum Gasteiger partial charge on any atom is 0.208 e. The number of nitrogens with one attached hydrogen (secondary N) is 2. The lowest BCUT2D eigenvalue weighted by Gasteiger charge is -2.07. The van der Waals surface area contributed by atoms with Crippen LogP contribution in [0.1, 0.15) is 5.69 Å². The van der Waals surface area contributed by atoms with Crippen molar-refractivity contribution in [3.05, 3.63) is 24.0 Å². The van der Waals surface area contributed by atoms with E-state index < -0.39 is 10.0 Å². The molecule has 0 radical (unpaired) electrons. The van der Waals surface area contributed by atoms with Crippen LogP contribution >= 0.6 is 0 Å². The smallest absolute Gasteiger partial charge is 0.208 e. The van der Waals surface area contributed by atoms with Crippen LogP contribution in [0.4, 0.5) is 5.69 Å². The van der Waals surface area contributed by atoms with Crippen molar-refractivity contribution >= 4 is 15.7 Å². The molecule has 1 aromatic heterocycles. The topological polar surface area (TPSA) is 94.9 Å². The molecule has 2 N–H and O–H groups in total. The van der Waals surface area contributed by atoms with Crippen LogP contribution in [-0.4, -0.2) is 32.7 Å². The molecule has 0 saturated heterocycles. The monoisotopic (exact) mass is 240 g/mol. The van der Waals surface area contributed by atoms with Gasteiger partial charge in [0.15, 0.2) is 5.69 Å².